The number of carbonyl (C=O) groups excluding carboxylic acids is 3. The van der Waals surface area contributed by atoms with Crippen LogP contribution in [0.25, 0.3) is 11.0 Å². The van der Waals surface area contributed by atoms with Gasteiger partial charge in [-0.1, -0.05) is 12.2 Å². The van der Waals surface area contributed by atoms with Crippen molar-refractivity contribution in [3.63, 3.8) is 0 Å². The molecule has 0 atom stereocenters. The lowest BCUT2D eigenvalue weighted by atomic mass is 10.1. The molecule has 0 aliphatic heterocycles. The number of alkyl carbamates (subject to hydrolysis) is 1. The molecule has 216 valence electrons. The number of nitrogens with one attached hydrogen (secondary N) is 2. The maximum atomic E-state index is 13.2. The maximum absolute atomic E-state index is 13.2. The molecule has 0 radical (unpaired) electrons. The summed E-state index contributed by atoms with van der Waals surface area (Å²) in [6.45, 7) is 10.1. The summed E-state index contributed by atoms with van der Waals surface area (Å²) in [5.74, 6) is -0.542. The van der Waals surface area contributed by atoms with Crippen molar-refractivity contribution < 1.29 is 29.0 Å². The third kappa shape index (κ3) is 7.82. The molecule has 0 unspecified atom stereocenters. The van der Waals surface area contributed by atoms with Crippen molar-refractivity contribution in [2.75, 3.05) is 25.1 Å². The predicted octanol–water partition coefficient (Wildman–Crippen LogP) is 2.75. The van der Waals surface area contributed by atoms with Gasteiger partial charge in [-0.2, -0.15) is 5.10 Å². The van der Waals surface area contributed by atoms with Crippen molar-refractivity contribution in [2.45, 2.75) is 59.7 Å². The molecular formula is C27H37N7O6. The third-order valence-corrected chi connectivity index (χ3v) is 5.53. The van der Waals surface area contributed by atoms with Gasteiger partial charge in [0.15, 0.2) is 0 Å². The second-order valence-corrected chi connectivity index (χ2v) is 9.97. The van der Waals surface area contributed by atoms with E-state index in [1.807, 2.05) is 6.92 Å². The second-order valence-electron chi connectivity index (χ2n) is 9.97. The van der Waals surface area contributed by atoms with E-state index < -0.39 is 23.5 Å². The lowest BCUT2D eigenvalue weighted by Crippen LogP contribution is -2.32. The van der Waals surface area contributed by atoms with E-state index in [0.29, 0.717) is 41.1 Å². The first kappa shape index (κ1) is 30.2. The van der Waals surface area contributed by atoms with E-state index in [-0.39, 0.29) is 37.8 Å². The SMILES string of the molecule is CCn1nc(C)cc1C(=O)Nc1nc2cc(C(N)=O)cc(OCCCO)c2n1C/C=C/CNC(=O)OC(C)(C)C. The van der Waals surface area contributed by atoms with Gasteiger partial charge < -0.3 is 30.2 Å². The van der Waals surface area contributed by atoms with Crippen molar-refractivity contribution in [3.8, 4) is 5.75 Å². The van der Waals surface area contributed by atoms with E-state index in [0.717, 1.165) is 0 Å². The highest BCUT2D eigenvalue weighted by molar-refractivity contribution is 6.04. The van der Waals surface area contributed by atoms with Crippen LogP contribution < -0.4 is 21.1 Å². The number of amides is 3. The number of nitrogens with two attached hydrogens (primary N) is 1. The number of primary amides is 1. The van der Waals surface area contributed by atoms with E-state index in [9.17, 15) is 19.5 Å². The Morgan fingerprint density at radius 3 is 2.58 bits per heavy atom. The van der Waals surface area contributed by atoms with Crippen LogP contribution in [0.2, 0.25) is 0 Å². The van der Waals surface area contributed by atoms with Crippen LogP contribution in [-0.2, 0) is 17.8 Å². The second kappa shape index (κ2) is 13.1. The Morgan fingerprint density at radius 1 is 1.18 bits per heavy atom. The van der Waals surface area contributed by atoms with Crippen molar-refractivity contribution in [1.29, 1.82) is 0 Å². The monoisotopic (exact) mass is 555 g/mol. The van der Waals surface area contributed by atoms with Crippen LogP contribution >= 0.6 is 0 Å². The quantitative estimate of drug-likeness (QED) is 0.195. The Balaban J connectivity index is 1.97. The Bertz CT molecular complexity index is 1400. The van der Waals surface area contributed by atoms with Gasteiger partial charge >= 0.3 is 6.09 Å². The number of hydrogen-bond donors (Lipinski definition) is 4. The van der Waals surface area contributed by atoms with Crippen LogP contribution in [0.15, 0.2) is 30.4 Å². The molecule has 3 rings (SSSR count). The molecular weight excluding hydrogens is 518 g/mol. The molecule has 13 heteroatoms. The highest BCUT2D eigenvalue weighted by atomic mass is 16.6. The largest absolute Gasteiger partial charge is 0.491 e. The van der Waals surface area contributed by atoms with E-state index in [1.165, 1.54) is 12.1 Å². The number of aliphatic hydroxyl groups is 1. The van der Waals surface area contributed by atoms with Gasteiger partial charge in [-0.3, -0.25) is 19.6 Å². The number of anilines is 1. The summed E-state index contributed by atoms with van der Waals surface area (Å²) in [6, 6.07) is 4.72. The highest BCUT2D eigenvalue weighted by Crippen LogP contribution is 2.31. The Hall–Kier alpha value is -4.39. The predicted molar refractivity (Wildman–Crippen MR) is 149 cm³/mol. The van der Waals surface area contributed by atoms with Gasteiger partial charge in [0.1, 0.15) is 22.6 Å². The molecule has 13 nitrogen and oxygen atoms in total. The van der Waals surface area contributed by atoms with Crippen LogP contribution in [0, 0.1) is 6.92 Å². The molecule has 0 spiro atoms. The fourth-order valence-corrected chi connectivity index (χ4v) is 3.86. The molecule has 0 bridgehead atoms. The normalized spacial score (nSPS) is 11.7. The molecule has 3 amide bonds. The van der Waals surface area contributed by atoms with Crippen molar-refractivity contribution >= 4 is 34.9 Å². The van der Waals surface area contributed by atoms with Gasteiger partial charge in [-0.05, 0) is 52.8 Å². The number of imidazole rings is 1. The minimum Gasteiger partial charge on any atom is -0.491 e. The molecule has 0 saturated carbocycles. The van der Waals surface area contributed by atoms with Crippen molar-refractivity contribution in [3.05, 3.63) is 47.3 Å². The zero-order valence-corrected chi connectivity index (χ0v) is 23.5. The summed E-state index contributed by atoms with van der Waals surface area (Å²) in [5.41, 5.74) is 7.08. The van der Waals surface area contributed by atoms with Gasteiger partial charge in [0.2, 0.25) is 11.9 Å². The van der Waals surface area contributed by atoms with E-state index >= 15 is 0 Å². The van der Waals surface area contributed by atoms with Crippen LogP contribution in [0.1, 0.15) is 60.7 Å². The van der Waals surface area contributed by atoms with Gasteiger partial charge in [0, 0.05) is 38.2 Å². The Morgan fingerprint density at radius 2 is 1.93 bits per heavy atom. The third-order valence-electron chi connectivity index (χ3n) is 5.53. The average molecular weight is 556 g/mol. The number of allylic oxidation sites excluding steroid dienone is 1. The molecule has 0 saturated heterocycles. The number of aryl methyl sites for hydroxylation is 2. The lowest BCUT2D eigenvalue weighted by Gasteiger charge is -2.19. The smallest absolute Gasteiger partial charge is 0.407 e. The molecule has 0 aliphatic rings. The van der Waals surface area contributed by atoms with E-state index in [1.54, 1.807) is 55.2 Å². The first-order valence-electron chi connectivity index (χ1n) is 13.0. The summed E-state index contributed by atoms with van der Waals surface area (Å²) in [7, 11) is 0. The number of aromatic nitrogens is 4. The Kier molecular flexibility index (Phi) is 9.88. The summed E-state index contributed by atoms with van der Waals surface area (Å²) < 4.78 is 14.4. The first-order chi connectivity index (χ1) is 18.9. The van der Waals surface area contributed by atoms with Gasteiger partial charge in [0.25, 0.3) is 5.91 Å². The van der Waals surface area contributed by atoms with Crippen molar-refractivity contribution in [2.24, 2.45) is 5.73 Å². The molecule has 2 aromatic heterocycles. The standard InChI is InChI=1S/C27H37N7O6/c1-6-34-20(14-17(2)32-34)24(37)31-25-30-19-15-18(23(28)36)16-21(39-13-9-12-35)22(19)33(25)11-8-7-10-29-26(38)40-27(3,4)5/h7-8,14-16,35H,6,9-13H2,1-5H3,(H2,28,36)(H,29,38)(H,30,31,37)/b8-7+. The molecule has 0 aliphatic carbocycles. The molecule has 3 aromatic rings. The minimum atomic E-state index is -0.663. The Labute approximate surface area is 232 Å². The number of carbonyl (C=O) groups is 3. The summed E-state index contributed by atoms with van der Waals surface area (Å²) in [4.78, 5) is 41.7. The number of ether oxygens (including phenoxy) is 2. The number of hydrogen-bond acceptors (Lipinski definition) is 8. The fourth-order valence-electron chi connectivity index (χ4n) is 3.86. The summed E-state index contributed by atoms with van der Waals surface area (Å²) in [5, 5.41) is 19.0. The topological polar surface area (TPSA) is 176 Å². The molecule has 1 aromatic carbocycles. The number of fused-ring (bicyclic) bond motifs is 1. The summed E-state index contributed by atoms with van der Waals surface area (Å²) >= 11 is 0. The van der Waals surface area contributed by atoms with Crippen LogP contribution in [0.3, 0.4) is 0 Å². The van der Waals surface area contributed by atoms with Gasteiger partial charge in [0.05, 0.1) is 17.8 Å². The zero-order chi connectivity index (χ0) is 29.4. The molecule has 0 fully saturated rings. The molecule has 40 heavy (non-hydrogen) atoms. The number of nitrogens with zero attached hydrogens (tertiary/aromatic N) is 4. The van der Waals surface area contributed by atoms with Gasteiger partial charge in [-0.25, -0.2) is 9.78 Å². The van der Waals surface area contributed by atoms with Crippen molar-refractivity contribution in [1.82, 2.24) is 24.6 Å². The number of benzene rings is 1. The molecule has 2 heterocycles. The van der Waals surface area contributed by atoms with E-state index in [4.69, 9.17) is 15.2 Å². The molecule has 5 N–H and O–H groups in total. The number of aliphatic hydroxyl groups excluding tert-OH is 1. The van der Waals surface area contributed by atoms with Crippen LogP contribution in [0.5, 0.6) is 5.75 Å². The highest BCUT2D eigenvalue weighted by Gasteiger charge is 2.21. The summed E-state index contributed by atoms with van der Waals surface area (Å²) in [6.07, 6.45) is 3.35. The zero-order valence-electron chi connectivity index (χ0n) is 23.5. The van der Waals surface area contributed by atoms with Gasteiger partial charge in [-0.15, -0.1) is 0 Å². The number of rotatable bonds is 12. The maximum Gasteiger partial charge on any atom is 0.407 e. The fraction of sp³-hybridized carbons (Fsp3) is 0.444. The lowest BCUT2D eigenvalue weighted by molar-refractivity contribution is 0.0533. The first-order valence-corrected chi connectivity index (χ1v) is 13.0. The minimum absolute atomic E-state index is 0.0723. The van der Waals surface area contributed by atoms with Crippen LogP contribution in [0.4, 0.5) is 10.7 Å². The van der Waals surface area contributed by atoms with Crippen LogP contribution in [-0.4, -0.2) is 67.7 Å². The average Bonchev–Trinajstić information content (AvgIpc) is 3.42. The van der Waals surface area contributed by atoms with E-state index in [2.05, 4.69) is 20.7 Å².